The number of aromatic nitrogens is 4. The Labute approximate surface area is 134 Å². The first kappa shape index (κ1) is 13.6. The van der Waals surface area contributed by atoms with E-state index in [1.54, 1.807) is 29.1 Å². The van der Waals surface area contributed by atoms with Gasteiger partial charge >= 0.3 is 0 Å². The molecule has 1 aliphatic carbocycles. The van der Waals surface area contributed by atoms with Crippen molar-refractivity contribution >= 4 is 33.7 Å². The van der Waals surface area contributed by atoms with Crippen LogP contribution in [-0.4, -0.2) is 25.9 Å². The van der Waals surface area contributed by atoms with Crippen LogP contribution < -0.4 is 5.32 Å². The van der Waals surface area contributed by atoms with Crippen LogP contribution in [0.25, 0.3) is 10.6 Å². The van der Waals surface area contributed by atoms with E-state index in [1.807, 2.05) is 17.5 Å². The number of rotatable bonds is 4. The molecule has 0 atom stereocenters. The molecule has 0 aliphatic heterocycles. The highest BCUT2D eigenvalue weighted by Crippen LogP contribution is 2.42. The van der Waals surface area contributed by atoms with Gasteiger partial charge in [0.1, 0.15) is 16.4 Å². The van der Waals surface area contributed by atoms with E-state index in [0.717, 1.165) is 15.6 Å². The Bertz CT molecular complexity index is 816. The molecule has 112 valence electrons. The number of anilines is 1. The van der Waals surface area contributed by atoms with Crippen molar-refractivity contribution in [1.29, 1.82) is 0 Å². The number of carbonyl (C=O) groups excluding carboxylic acids is 1. The van der Waals surface area contributed by atoms with E-state index in [1.165, 1.54) is 24.2 Å². The van der Waals surface area contributed by atoms with Crippen molar-refractivity contribution in [1.82, 2.24) is 20.0 Å². The monoisotopic (exact) mass is 331 g/mol. The fourth-order valence-corrected chi connectivity index (χ4v) is 3.75. The van der Waals surface area contributed by atoms with Gasteiger partial charge in [0.25, 0.3) is 5.91 Å². The van der Waals surface area contributed by atoms with Crippen LogP contribution in [0.4, 0.5) is 5.13 Å². The van der Waals surface area contributed by atoms with Gasteiger partial charge in [0.2, 0.25) is 5.13 Å². The van der Waals surface area contributed by atoms with Gasteiger partial charge in [-0.05, 0) is 30.4 Å². The highest BCUT2D eigenvalue weighted by Gasteiger charge is 2.28. The molecule has 3 aromatic heterocycles. The summed E-state index contributed by atoms with van der Waals surface area (Å²) in [7, 11) is 1.77. The van der Waals surface area contributed by atoms with Crippen LogP contribution in [0.1, 0.15) is 34.3 Å². The Morgan fingerprint density at radius 3 is 3.00 bits per heavy atom. The molecule has 3 heterocycles. The smallest absolute Gasteiger partial charge is 0.275 e. The van der Waals surface area contributed by atoms with E-state index in [-0.39, 0.29) is 5.91 Å². The third-order valence-electron chi connectivity index (χ3n) is 3.47. The lowest BCUT2D eigenvalue weighted by Crippen LogP contribution is -2.15. The number of aryl methyl sites for hydroxylation is 1. The van der Waals surface area contributed by atoms with E-state index >= 15 is 0 Å². The Hall–Kier alpha value is -2.06. The lowest BCUT2D eigenvalue weighted by Gasteiger charge is -2.00. The fraction of sp³-hybridized carbons (Fsp3) is 0.286. The van der Waals surface area contributed by atoms with Crippen LogP contribution in [0, 0.1) is 0 Å². The molecule has 4 rings (SSSR count). The van der Waals surface area contributed by atoms with Gasteiger partial charge in [0.15, 0.2) is 0 Å². The van der Waals surface area contributed by atoms with Crippen molar-refractivity contribution < 1.29 is 4.79 Å². The largest absolute Gasteiger partial charge is 0.295 e. The summed E-state index contributed by atoms with van der Waals surface area (Å²) in [6.45, 7) is 0. The van der Waals surface area contributed by atoms with Crippen molar-refractivity contribution in [2.45, 2.75) is 18.8 Å². The number of nitrogens with zero attached hydrogens (tertiary/aromatic N) is 4. The van der Waals surface area contributed by atoms with Gasteiger partial charge in [-0.25, -0.2) is 0 Å². The first-order valence-electron chi connectivity index (χ1n) is 6.93. The van der Waals surface area contributed by atoms with Gasteiger partial charge < -0.3 is 0 Å². The summed E-state index contributed by atoms with van der Waals surface area (Å²) in [6.07, 6.45) is 2.35. The van der Waals surface area contributed by atoms with Gasteiger partial charge in [-0.3, -0.25) is 14.8 Å². The third-order valence-corrected chi connectivity index (χ3v) is 5.37. The van der Waals surface area contributed by atoms with Crippen molar-refractivity contribution in [3.63, 3.8) is 0 Å². The van der Waals surface area contributed by atoms with Crippen LogP contribution in [0.2, 0.25) is 0 Å². The second kappa shape index (κ2) is 5.29. The lowest BCUT2D eigenvalue weighted by molar-refractivity contribution is 0.101. The average molecular weight is 331 g/mol. The van der Waals surface area contributed by atoms with Crippen LogP contribution in [0.15, 0.2) is 23.6 Å². The predicted octanol–water partition coefficient (Wildman–Crippen LogP) is 3.13. The minimum absolute atomic E-state index is 0.212. The van der Waals surface area contributed by atoms with Crippen LogP contribution in [-0.2, 0) is 7.05 Å². The molecule has 1 fully saturated rings. The maximum absolute atomic E-state index is 12.4. The highest BCUT2D eigenvalue weighted by atomic mass is 32.1. The molecular formula is C14H13N5OS2. The van der Waals surface area contributed by atoms with Crippen molar-refractivity contribution in [3.8, 4) is 10.6 Å². The summed E-state index contributed by atoms with van der Waals surface area (Å²) in [5, 5.41) is 18.9. The summed E-state index contributed by atoms with van der Waals surface area (Å²) in [4.78, 5) is 13.4. The van der Waals surface area contributed by atoms with Gasteiger partial charge in [0.05, 0.1) is 4.88 Å². The predicted molar refractivity (Wildman–Crippen MR) is 86.4 cm³/mol. The average Bonchev–Trinajstić information content (AvgIpc) is 2.94. The van der Waals surface area contributed by atoms with E-state index in [9.17, 15) is 4.79 Å². The Kier molecular flexibility index (Phi) is 3.27. The standard InChI is InChI=1S/C14H13N5OS2/c1-19-10(7-9(18-19)11-3-2-6-21-11)12(20)15-14-17-16-13(22-14)8-4-5-8/h2-3,6-8H,4-5H2,1H3,(H,15,17,20). The lowest BCUT2D eigenvalue weighted by atomic mass is 10.3. The van der Waals surface area contributed by atoms with Gasteiger partial charge in [-0.15, -0.1) is 21.5 Å². The molecule has 22 heavy (non-hydrogen) atoms. The molecule has 3 aromatic rings. The maximum Gasteiger partial charge on any atom is 0.275 e. The first-order chi connectivity index (χ1) is 10.7. The summed E-state index contributed by atoms with van der Waals surface area (Å²) in [5.74, 6) is 0.335. The molecule has 8 heteroatoms. The number of hydrogen-bond donors (Lipinski definition) is 1. The van der Waals surface area contributed by atoms with Gasteiger partial charge in [-0.2, -0.15) is 5.10 Å². The van der Waals surface area contributed by atoms with Crippen molar-refractivity contribution in [3.05, 3.63) is 34.3 Å². The molecule has 1 N–H and O–H groups in total. The van der Waals surface area contributed by atoms with E-state index < -0.39 is 0 Å². The minimum atomic E-state index is -0.212. The highest BCUT2D eigenvalue weighted by molar-refractivity contribution is 7.15. The van der Waals surface area contributed by atoms with Crippen LogP contribution in [0.5, 0.6) is 0 Å². The SMILES string of the molecule is Cn1nc(-c2cccs2)cc1C(=O)Nc1nnc(C2CC2)s1. The number of amides is 1. The van der Waals surface area contributed by atoms with Crippen LogP contribution in [0.3, 0.4) is 0 Å². The maximum atomic E-state index is 12.4. The second-order valence-electron chi connectivity index (χ2n) is 5.19. The molecule has 1 aliphatic rings. The molecule has 0 spiro atoms. The molecular weight excluding hydrogens is 318 g/mol. The molecule has 0 aromatic carbocycles. The zero-order valence-corrected chi connectivity index (χ0v) is 13.4. The fourth-order valence-electron chi connectivity index (χ4n) is 2.17. The van der Waals surface area contributed by atoms with E-state index in [2.05, 4.69) is 20.6 Å². The van der Waals surface area contributed by atoms with Crippen LogP contribution >= 0.6 is 22.7 Å². The first-order valence-corrected chi connectivity index (χ1v) is 8.63. The van der Waals surface area contributed by atoms with E-state index in [0.29, 0.717) is 16.7 Å². The summed E-state index contributed by atoms with van der Waals surface area (Å²) >= 11 is 3.05. The molecule has 0 saturated heterocycles. The quantitative estimate of drug-likeness (QED) is 0.797. The van der Waals surface area contributed by atoms with E-state index in [4.69, 9.17) is 0 Å². The normalized spacial score (nSPS) is 14.2. The summed E-state index contributed by atoms with van der Waals surface area (Å²) < 4.78 is 1.59. The molecule has 1 amide bonds. The third kappa shape index (κ3) is 2.55. The topological polar surface area (TPSA) is 72.7 Å². The number of thiophene rings is 1. The number of hydrogen-bond acceptors (Lipinski definition) is 6. The summed E-state index contributed by atoms with van der Waals surface area (Å²) in [6, 6.07) is 5.75. The molecule has 0 bridgehead atoms. The minimum Gasteiger partial charge on any atom is -0.295 e. The molecule has 0 unspecified atom stereocenters. The Morgan fingerprint density at radius 1 is 1.41 bits per heavy atom. The molecule has 1 saturated carbocycles. The second-order valence-corrected chi connectivity index (χ2v) is 7.15. The zero-order chi connectivity index (χ0) is 15.1. The van der Waals surface area contributed by atoms with Crippen molar-refractivity contribution in [2.75, 3.05) is 5.32 Å². The summed E-state index contributed by atoms with van der Waals surface area (Å²) in [5.41, 5.74) is 1.31. The van der Waals surface area contributed by atoms with Gasteiger partial charge in [-0.1, -0.05) is 17.4 Å². The molecule has 0 radical (unpaired) electrons. The number of nitrogens with one attached hydrogen (secondary N) is 1. The van der Waals surface area contributed by atoms with Crippen molar-refractivity contribution in [2.24, 2.45) is 7.05 Å². The number of carbonyl (C=O) groups is 1. The zero-order valence-electron chi connectivity index (χ0n) is 11.8. The Morgan fingerprint density at radius 2 is 2.27 bits per heavy atom. The van der Waals surface area contributed by atoms with Gasteiger partial charge in [0, 0.05) is 13.0 Å². The molecule has 6 nitrogen and oxygen atoms in total. The Balaban J connectivity index is 1.54.